The second kappa shape index (κ2) is 10.2. The van der Waals surface area contributed by atoms with E-state index in [1.807, 2.05) is 0 Å². The molecule has 0 aromatic heterocycles. The summed E-state index contributed by atoms with van der Waals surface area (Å²) in [4.78, 5) is 26.4. The van der Waals surface area contributed by atoms with Crippen LogP contribution < -0.4 is 0 Å². The van der Waals surface area contributed by atoms with Crippen molar-refractivity contribution in [2.24, 2.45) is 0 Å². The normalized spacial score (nSPS) is 10.0. The van der Waals surface area contributed by atoms with Gasteiger partial charge in [0.15, 0.2) is 6.29 Å². The van der Waals surface area contributed by atoms with Gasteiger partial charge in [-0.2, -0.15) is 0 Å². The van der Waals surface area contributed by atoms with Crippen LogP contribution in [-0.2, 0) is 4.84 Å². The van der Waals surface area contributed by atoms with Crippen molar-refractivity contribution >= 4 is 57.4 Å². The number of nitrogens with zero attached hydrogens (tertiary/aromatic N) is 1. The molecule has 0 saturated carbocycles. The molecule has 26 heavy (non-hydrogen) atoms. The zero-order chi connectivity index (χ0) is 20.0. The predicted octanol–water partition coefficient (Wildman–Crippen LogP) is 4.58. The van der Waals surface area contributed by atoms with Crippen LogP contribution in [0.5, 0.6) is 0 Å². The molecule has 2 rings (SSSR count). The Hall–Kier alpha value is -1.28. The van der Waals surface area contributed by atoms with Gasteiger partial charge < -0.3 is 0 Å². The molecule has 1 amide bonds. The Morgan fingerprint density at radius 1 is 1.00 bits per heavy atom. The molecule has 0 radical (unpaired) electrons. The summed E-state index contributed by atoms with van der Waals surface area (Å²) in [5.74, 6) is -3.58. The van der Waals surface area contributed by atoms with E-state index in [0.717, 1.165) is 29.3 Å². The summed E-state index contributed by atoms with van der Waals surface area (Å²) in [6.07, 6.45) is 0.425. The first kappa shape index (κ1) is 22.8. The van der Waals surface area contributed by atoms with Gasteiger partial charge in [-0.3, -0.25) is 14.4 Å². The predicted molar refractivity (Wildman–Crippen MR) is 103 cm³/mol. The molecule has 0 unspecified atom stereocenters. The maximum atomic E-state index is 13.1. The maximum absolute atomic E-state index is 13.1. The lowest BCUT2D eigenvalue weighted by Crippen LogP contribution is -2.26. The molecule has 0 spiro atoms. The van der Waals surface area contributed by atoms with Crippen molar-refractivity contribution in [3.8, 4) is 0 Å². The molecule has 0 atom stereocenters. The quantitative estimate of drug-likeness (QED) is 0.172. The van der Waals surface area contributed by atoms with Crippen molar-refractivity contribution in [2.45, 2.75) is 0 Å². The molecule has 0 bridgehead atoms. The van der Waals surface area contributed by atoms with Crippen molar-refractivity contribution in [2.75, 3.05) is 14.2 Å². The van der Waals surface area contributed by atoms with Gasteiger partial charge >= 0.3 is 0 Å². The SMILES string of the molecule is CON(C)C(=O)c1cc(F)cc(F)c1I.O=Cc1cc(F)cc(F)c1I. The van der Waals surface area contributed by atoms with Crippen molar-refractivity contribution in [3.63, 3.8) is 0 Å². The van der Waals surface area contributed by atoms with Crippen LogP contribution in [-0.4, -0.2) is 31.4 Å². The Labute approximate surface area is 173 Å². The minimum absolute atomic E-state index is 0.0445. The highest BCUT2D eigenvalue weighted by Gasteiger charge is 2.18. The highest BCUT2D eigenvalue weighted by molar-refractivity contribution is 14.1. The molecular weight excluding hydrogens is 584 g/mol. The van der Waals surface area contributed by atoms with Gasteiger partial charge in [0.25, 0.3) is 5.91 Å². The largest absolute Gasteiger partial charge is 0.298 e. The number of hydrogen-bond acceptors (Lipinski definition) is 3. The lowest BCUT2D eigenvalue weighted by Gasteiger charge is -2.14. The van der Waals surface area contributed by atoms with Gasteiger partial charge in [-0.15, -0.1) is 0 Å². The van der Waals surface area contributed by atoms with Crippen LogP contribution in [0.15, 0.2) is 24.3 Å². The van der Waals surface area contributed by atoms with Crippen LogP contribution in [0.3, 0.4) is 0 Å². The van der Waals surface area contributed by atoms with Gasteiger partial charge in [0.05, 0.1) is 19.8 Å². The first-order valence-corrected chi connectivity index (χ1v) is 8.84. The van der Waals surface area contributed by atoms with Gasteiger partial charge in [-0.05, 0) is 57.3 Å². The molecule has 0 aliphatic heterocycles. The number of halogens is 6. The molecule has 0 N–H and O–H groups in total. The number of hydrogen-bond donors (Lipinski definition) is 0. The summed E-state index contributed by atoms with van der Waals surface area (Å²) in [7, 11) is 2.65. The van der Waals surface area contributed by atoms with E-state index in [0.29, 0.717) is 6.29 Å². The fourth-order valence-corrected chi connectivity index (χ4v) is 2.61. The topological polar surface area (TPSA) is 46.6 Å². The first-order valence-electron chi connectivity index (χ1n) is 6.68. The molecule has 0 aliphatic rings. The monoisotopic (exact) mass is 595 g/mol. The van der Waals surface area contributed by atoms with Crippen molar-refractivity contribution < 1.29 is 32.0 Å². The Morgan fingerprint density at radius 3 is 2.00 bits per heavy atom. The van der Waals surface area contributed by atoms with Crippen LogP contribution in [0.4, 0.5) is 17.6 Å². The lowest BCUT2D eigenvalue weighted by molar-refractivity contribution is -0.0758. The van der Waals surface area contributed by atoms with Crippen molar-refractivity contribution in [3.05, 3.63) is 65.8 Å². The lowest BCUT2D eigenvalue weighted by atomic mass is 10.2. The average molecular weight is 595 g/mol. The number of carbonyl (C=O) groups excluding carboxylic acids is 2. The number of hydroxylamine groups is 2. The second-order valence-corrected chi connectivity index (χ2v) is 6.80. The van der Waals surface area contributed by atoms with Gasteiger partial charge in [0.2, 0.25) is 0 Å². The van der Waals surface area contributed by atoms with E-state index in [2.05, 4.69) is 4.84 Å². The molecule has 0 heterocycles. The summed E-state index contributed by atoms with van der Waals surface area (Å²) >= 11 is 3.29. The molecule has 2 aromatic rings. The van der Waals surface area contributed by atoms with Crippen LogP contribution in [0.25, 0.3) is 0 Å². The third-order valence-corrected chi connectivity index (χ3v) is 5.17. The Morgan fingerprint density at radius 2 is 1.50 bits per heavy atom. The summed E-state index contributed by atoms with van der Waals surface area (Å²) in [6, 6.07) is 3.45. The second-order valence-electron chi connectivity index (χ2n) is 4.64. The van der Waals surface area contributed by atoms with Crippen LogP contribution in [0.2, 0.25) is 0 Å². The molecule has 4 nitrogen and oxygen atoms in total. The van der Waals surface area contributed by atoms with E-state index < -0.39 is 29.2 Å². The van der Waals surface area contributed by atoms with Crippen LogP contribution in [0, 0.1) is 30.4 Å². The summed E-state index contributed by atoms with van der Waals surface area (Å²) in [6.45, 7) is 0. The van der Waals surface area contributed by atoms with E-state index in [4.69, 9.17) is 0 Å². The zero-order valence-corrected chi connectivity index (χ0v) is 17.6. The number of rotatable bonds is 3. The Kier molecular flexibility index (Phi) is 8.89. The molecule has 0 aliphatic carbocycles. The fraction of sp³-hybridized carbons (Fsp3) is 0.125. The molecule has 10 heteroatoms. The maximum Gasteiger partial charge on any atom is 0.278 e. The van der Waals surface area contributed by atoms with Crippen molar-refractivity contribution in [1.29, 1.82) is 0 Å². The van der Waals surface area contributed by atoms with E-state index >= 15 is 0 Å². The Bertz CT molecular complexity index is 834. The third kappa shape index (κ3) is 5.87. The molecule has 0 saturated heterocycles. The standard InChI is InChI=1S/C9H8F2INO2.C7H3F2IO/c1-13(15-2)9(14)6-3-5(10)4-7(11)8(6)12;8-5-1-4(3-11)7(10)6(9)2-5/h3-4H,1-2H3;1-3H. The summed E-state index contributed by atoms with van der Waals surface area (Å²) < 4.78 is 51.2. The minimum Gasteiger partial charge on any atom is -0.298 e. The first-order chi connectivity index (χ1) is 12.1. The van der Waals surface area contributed by atoms with Gasteiger partial charge in [-0.1, -0.05) is 0 Å². The number of carbonyl (C=O) groups is 2. The minimum atomic E-state index is -0.791. The van der Waals surface area contributed by atoms with Crippen LogP contribution in [0.1, 0.15) is 20.7 Å². The number of benzene rings is 2. The fourth-order valence-electron chi connectivity index (χ4n) is 1.63. The molecular formula is C16H11F4I2NO3. The summed E-state index contributed by atoms with van der Waals surface area (Å²) in [5, 5.41) is 0.899. The van der Waals surface area contributed by atoms with Gasteiger partial charge in [-0.25, -0.2) is 22.6 Å². The van der Waals surface area contributed by atoms with Crippen molar-refractivity contribution in [1.82, 2.24) is 5.06 Å². The van der Waals surface area contributed by atoms with E-state index in [9.17, 15) is 27.2 Å². The van der Waals surface area contributed by atoms with Crippen LogP contribution >= 0.6 is 45.2 Å². The molecule has 0 fully saturated rings. The average Bonchev–Trinajstić information content (AvgIpc) is 2.60. The van der Waals surface area contributed by atoms with E-state index in [-0.39, 0.29) is 18.3 Å². The van der Waals surface area contributed by atoms with E-state index in [1.54, 1.807) is 45.2 Å². The van der Waals surface area contributed by atoms with E-state index in [1.165, 1.54) is 14.2 Å². The van der Waals surface area contributed by atoms with Gasteiger partial charge in [0, 0.05) is 24.7 Å². The summed E-state index contributed by atoms with van der Waals surface area (Å²) in [5.41, 5.74) is -0.0134. The highest BCUT2D eigenvalue weighted by atomic mass is 127. The van der Waals surface area contributed by atoms with Gasteiger partial charge in [0.1, 0.15) is 23.3 Å². The third-order valence-electron chi connectivity index (χ3n) is 2.93. The number of amides is 1. The smallest absolute Gasteiger partial charge is 0.278 e. The molecule has 2 aromatic carbocycles. The number of aldehydes is 1. The molecule has 140 valence electrons. The zero-order valence-electron chi connectivity index (χ0n) is 13.3. The highest BCUT2D eigenvalue weighted by Crippen LogP contribution is 2.19. The Balaban J connectivity index is 0.000000273.